The lowest BCUT2D eigenvalue weighted by Gasteiger charge is -2.12. The summed E-state index contributed by atoms with van der Waals surface area (Å²) < 4.78 is 7.17. The summed E-state index contributed by atoms with van der Waals surface area (Å²) in [4.78, 5) is 15.3. The molecule has 0 saturated carbocycles. The highest BCUT2D eigenvalue weighted by Gasteiger charge is 2.15. The molecule has 0 saturated heterocycles. The monoisotopic (exact) mass is 299 g/mol. The molecule has 2 rings (SSSR count). The summed E-state index contributed by atoms with van der Waals surface area (Å²) in [6, 6.07) is 3.17. The highest BCUT2D eigenvalue weighted by Crippen LogP contribution is 2.35. The largest absolute Gasteiger partial charge is 0.489 e. The van der Waals surface area contributed by atoms with E-state index in [4.69, 9.17) is 27.9 Å². The van der Waals surface area contributed by atoms with Gasteiger partial charge in [-0.15, -0.1) is 0 Å². The average molecular weight is 300 g/mol. The lowest BCUT2D eigenvalue weighted by atomic mass is 10.1. The minimum Gasteiger partial charge on any atom is -0.489 e. The molecule has 1 heterocycles. The first-order chi connectivity index (χ1) is 9.09. The summed E-state index contributed by atoms with van der Waals surface area (Å²) in [5.74, 6) is 0.177. The molecule has 0 aliphatic heterocycles. The summed E-state index contributed by atoms with van der Waals surface area (Å²) in [6.45, 7) is 2.26. The molecule has 1 aromatic heterocycles. The quantitative estimate of drug-likeness (QED) is 0.797. The van der Waals surface area contributed by atoms with Crippen molar-refractivity contribution < 1.29 is 9.53 Å². The molecule has 0 bridgehead atoms. The number of halogens is 2. The zero-order valence-corrected chi connectivity index (χ0v) is 11.6. The number of aromatic nitrogens is 3. The number of carbonyl (C=O) groups excluding carboxylic acids is 1. The number of ketones is 1. The van der Waals surface area contributed by atoms with Gasteiger partial charge in [-0.05, 0) is 19.1 Å². The van der Waals surface area contributed by atoms with E-state index in [1.54, 1.807) is 23.1 Å². The molecule has 0 N–H and O–H groups in total. The van der Waals surface area contributed by atoms with Crippen LogP contribution in [0.25, 0.3) is 0 Å². The molecular weight excluding hydrogens is 289 g/mol. The molecule has 0 radical (unpaired) electrons. The summed E-state index contributed by atoms with van der Waals surface area (Å²) in [5.41, 5.74) is 0.410. The number of rotatable bonds is 5. The summed E-state index contributed by atoms with van der Waals surface area (Å²) in [6.07, 6.45) is 3.02. The van der Waals surface area contributed by atoms with Crippen LogP contribution in [0, 0.1) is 0 Å². The SMILES string of the molecule is CC(=O)c1ccc(Cl)c(Cl)c1OCCn1cncn1. The van der Waals surface area contributed by atoms with E-state index in [0.29, 0.717) is 29.5 Å². The summed E-state index contributed by atoms with van der Waals surface area (Å²) >= 11 is 12.0. The fraction of sp³-hybridized carbons (Fsp3) is 0.250. The Hall–Kier alpha value is -1.59. The second kappa shape index (κ2) is 6.04. The zero-order valence-electron chi connectivity index (χ0n) is 10.1. The number of carbonyl (C=O) groups is 1. The Labute approximate surface area is 120 Å². The lowest BCUT2D eigenvalue weighted by Crippen LogP contribution is -2.10. The van der Waals surface area contributed by atoms with Gasteiger partial charge in [0.15, 0.2) is 5.78 Å². The fourth-order valence-electron chi connectivity index (χ4n) is 1.54. The first kappa shape index (κ1) is 13.8. The van der Waals surface area contributed by atoms with E-state index >= 15 is 0 Å². The maximum atomic E-state index is 11.5. The number of ether oxygens (including phenoxy) is 1. The molecule has 0 spiro atoms. The van der Waals surface area contributed by atoms with E-state index in [9.17, 15) is 4.79 Å². The Morgan fingerprint density at radius 3 is 2.84 bits per heavy atom. The molecule has 0 unspecified atom stereocenters. The first-order valence-corrected chi connectivity index (χ1v) is 6.29. The van der Waals surface area contributed by atoms with Gasteiger partial charge in [0.1, 0.15) is 30.0 Å². The van der Waals surface area contributed by atoms with Crippen molar-refractivity contribution in [1.82, 2.24) is 14.8 Å². The van der Waals surface area contributed by atoms with Crippen LogP contribution >= 0.6 is 23.2 Å². The molecule has 5 nitrogen and oxygen atoms in total. The second-order valence-electron chi connectivity index (χ2n) is 3.80. The lowest BCUT2D eigenvalue weighted by molar-refractivity contribution is 0.101. The molecule has 1 aromatic carbocycles. The molecule has 0 aliphatic carbocycles. The molecule has 0 atom stereocenters. The van der Waals surface area contributed by atoms with Gasteiger partial charge >= 0.3 is 0 Å². The normalized spacial score (nSPS) is 10.5. The van der Waals surface area contributed by atoms with Crippen LogP contribution in [0.1, 0.15) is 17.3 Å². The van der Waals surface area contributed by atoms with Gasteiger partial charge in [0.05, 0.1) is 17.1 Å². The van der Waals surface area contributed by atoms with Crippen molar-refractivity contribution in [3.05, 3.63) is 40.4 Å². The van der Waals surface area contributed by atoms with Gasteiger partial charge in [0.2, 0.25) is 0 Å². The molecule has 0 amide bonds. The maximum absolute atomic E-state index is 11.5. The minimum absolute atomic E-state index is 0.130. The van der Waals surface area contributed by atoms with Crippen LogP contribution in [0.15, 0.2) is 24.8 Å². The average Bonchev–Trinajstić information content (AvgIpc) is 2.87. The number of Topliss-reactive ketones (excluding diaryl/α,β-unsaturated/α-hetero) is 1. The molecule has 2 aromatic rings. The molecule has 0 fully saturated rings. The fourth-order valence-corrected chi connectivity index (χ4v) is 1.91. The molecule has 100 valence electrons. The third kappa shape index (κ3) is 3.24. The van der Waals surface area contributed by atoms with Crippen molar-refractivity contribution in [2.75, 3.05) is 6.61 Å². The Kier molecular flexibility index (Phi) is 4.39. The van der Waals surface area contributed by atoms with E-state index in [1.807, 2.05) is 0 Å². The minimum atomic E-state index is -0.130. The zero-order chi connectivity index (χ0) is 13.8. The standard InChI is InChI=1S/C12H11Cl2N3O2/c1-8(18)9-2-3-10(13)11(14)12(9)19-5-4-17-7-15-6-16-17/h2-3,6-7H,4-5H2,1H3. The van der Waals surface area contributed by atoms with E-state index in [0.717, 1.165) is 0 Å². The number of hydrogen-bond acceptors (Lipinski definition) is 4. The first-order valence-electron chi connectivity index (χ1n) is 5.53. The highest BCUT2D eigenvalue weighted by molar-refractivity contribution is 6.43. The smallest absolute Gasteiger partial charge is 0.163 e. The third-order valence-corrected chi connectivity index (χ3v) is 3.25. The third-order valence-electron chi connectivity index (χ3n) is 2.46. The Morgan fingerprint density at radius 2 is 2.21 bits per heavy atom. The van der Waals surface area contributed by atoms with Crippen molar-refractivity contribution >= 4 is 29.0 Å². The van der Waals surface area contributed by atoms with Gasteiger partial charge in [-0.2, -0.15) is 5.10 Å². The molecule has 0 aliphatic rings. The Morgan fingerprint density at radius 1 is 1.42 bits per heavy atom. The summed E-state index contributed by atoms with van der Waals surface area (Å²) in [7, 11) is 0. The topological polar surface area (TPSA) is 57.0 Å². The van der Waals surface area contributed by atoms with Gasteiger partial charge in [-0.1, -0.05) is 23.2 Å². The van der Waals surface area contributed by atoms with Gasteiger partial charge in [0.25, 0.3) is 0 Å². The van der Waals surface area contributed by atoms with Crippen LogP contribution in [0.5, 0.6) is 5.75 Å². The van der Waals surface area contributed by atoms with Gasteiger partial charge < -0.3 is 4.74 Å². The van der Waals surface area contributed by atoms with E-state index in [1.165, 1.54) is 13.3 Å². The van der Waals surface area contributed by atoms with Crippen molar-refractivity contribution in [2.45, 2.75) is 13.5 Å². The van der Waals surface area contributed by atoms with Gasteiger partial charge in [-0.25, -0.2) is 9.67 Å². The van der Waals surface area contributed by atoms with E-state index in [-0.39, 0.29) is 10.8 Å². The number of nitrogens with zero attached hydrogens (tertiary/aromatic N) is 3. The number of hydrogen-bond donors (Lipinski definition) is 0. The predicted molar refractivity (Wildman–Crippen MR) is 72.0 cm³/mol. The Balaban J connectivity index is 2.14. The predicted octanol–water partition coefficient (Wildman–Crippen LogP) is 2.87. The van der Waals surface area contributed by atoms with Crippen LogP contribution in [-0.2, 0) is 6.54 Å². The van der Waals surface area contributed by atoms with Crippen molar-refractivity contribution in [3.63, 3.8) is 0 Å². The summed E-state index contributed by atoms with van der Waals surface area (Å²) in [5, 5.41) is 4.54. The van der Waals surface area contributed by atoms with E-state index in [2.05, 4.69) is 10.1 Å². The van der Waals surface area contributed by atoms with E-state index < -0.39 is 0 Å². The van der Waals surface area contributed by atoms with Crippen molar-refractivity contribution in [3.8, 4) is 5.75 Å². The maximum Gasteiger partial charge on any atom is 0.163 e. The molecule has 7 heteroatoms. The number of benzene rings is 1. The van der Waals surface area contributed by atoms with Crippen LogP contribution in [0.4, 0.5) is 0 Å². The highest BCUT2D eigenvalue weighted by atomic mass is 35.5. The van der Waals surface area contributed by atoms with Crippen LogP contribution in [0.2, 0.25) is 10.0 Å². The molecule has 19 heavy (non-hydrogen) atoms. The van der Waals surface area contributed by atoms with Crippen molar-refractivity contribution in [1.29, 1.82) is 0 Å². The van der Waals surface area contributed by atoms with Crippen molar-refractivity contribution in [2.24, 2.45) is 0 Å². The van der Waals surface area contributed by atoms with Gasteiger partial charge in [0, 0.05) is 0 Å². The second-order valence-corrected chi connectivity index (χ2v) is 4.59. The van der Waals surface area contributed by atoms with Gasteiger partial charge in [-0.3, -0.25) is 4.79 Å². The van der Waals surface area contributed by atoms with Crippen LogP contribution in [-0.4, -0.2) is 27.2 Å². The molecular formula is C12H11Cl2N3O2. The van der Waals surface area contributed by atoms with Crippen LogP contribution in [0.3, 0.4) is 0 Å². The Bertz CT molecular complexity index is 585. The van der Waals surface area contributed by atoms with Crippen LogP contribution < -0.4 is 4.74 Å².